The van der Waals surface area contributed by atoms with E-state index in [9.17, 15) is 5.11 Å². The van der Waals surface area contributed by atoms with E-state index in [1.165, 1.54) is 0 Å². The molecule has 1 N–H and O–H groups in total. The lowest BCUT2D eigenvalue weighted by molar-refractivity contribution is 0.199. The lowest BCUT2D eigenvalue weighted by atomic mass is 10.1. The van der Waals surface area contributed by atoms with Crippen molar-refractivity contribution in [1.29, 1.82) is 0 Å². The summed E-state index contributed by atoms with van der Waals surface area (Å²) in [5.41, 5.74) is 1.52. The first-order chi connectivity index (χ1) is 6.68. The van der Waals surface area contributed by atoms with Crippen molar-refractivity contribution in [2.45, 2.75) is 13.0 Å². The Labute approximate surface area is 87.2 Å². The average Bonchev–Trinajstić information content (AvgIpc) is 2.16. The van der Waals surface area contributed by atoms with Gasteiger partial charge in [-0.3, -0.25) is 0 Å². The van der Waals surface area contributed by atoms with E-state index in [4.69, 9.17) is 11.6 Å². The van der Waals surface area contributed by atoms with E-state index < -0.39 is 6.10 Å². The van der Waals surface area contributed by atoms with Crippen LogP contribution < -0.4 is 0 Å². The molecule has 1 aromatic heterocycles. The molecule has 0 aliphatic heterocycles. The number of pyridine rings is 1. The Morgan fingerprint density at radius 2 is 2.07 bits per heavy atom. The second kappa shape index (κ2) is 3.56. The Morgan fingerprint density at radius 1 is 1.36 bits per heavy atom. The number of rotatable bonds is 1. The van der Waals surface area contributed by atoms with Crippen molar-refractivity contribution in [2.75, 3.05) is 0 Å². The molecule has 0 spiro atoms. The molecular formula is C11H10ClNO. The first kappa shape index (κ1) is 9.44. The molecule has 3 heteroatoms. The van der Waals surface area contributed by atoms with Crippen LogP contribution in [0.2, 0.25) is 5.15 Å². The largest absolute Gasteiger partial charge is 0.389 e. The minimum Gasteiger partial charge on any atom is -0.389 e. The lowest BCUT2D eigenvalue weighted by Crippen LogP contribution is -1.94. The molecule has 72 valence electrons. The second-order valence-electron chi connectivity index (χ2n) is 3.24. The number of hydrogen-bond acceptors (Lipinski definition) is 2. The van der Waals surface area contributed by atoms with Gasteiger partial charge in [-0.25, -0.2) is 4.98 Å². The maximum absolute atomic E-state index is 9.44. The van der Waals surface area contributed by atoms with E-state index >= 15 is 0 Å². The fraction of sp³-hybridized carbons (Fsp3) is 0.182. The van der Waals surface area contributed by atoms with Crippen LogP contribution in [0.15, 0.2) is 30.3 Å². The number of para-hydroxylation sites is 1. The second-order valence-corrected chi connectivity index (χ2v) is 3.60. The maximum Gasteiger partial charge on any atom is 0.135 e. The number of fused-ring (bicyclic) bond motifs is 1. The van der Waals surface area contributed by atoms with Crippen molar-refractivity contribution in [3.05, 3.63) is 41.0 Å². The number of aliphatic hydroxyl groups is 1. The van der Waals surface area contributed by atoms with Gasteiger partial charge >= 0.3 is 0 Å². The van der Waals surface area contributed by atoms with Gasteiger partial charge in [-0.15, -0.1) is 0 Å². The molecule has 0 radical (unpaired) electrons. The molecule has 2 nitrogen and oxygen atoms in total. The Kier molecular flexibility index (Phi) is 2.40. The highest BCUT2D eigenvalue weighted by Gasteiger charge is 2.08. The number of aliphatic hydroxyl groups excluding tert-OH is 1. The molecule has 0 unspecified atom stereocenters. The summed E-state index contributed by atoms with van der Waals surface area (Å²) in [4.78, 5) is 4.20. The predicted molar refractivity (Wildman–Crippen MR) is 57.4 cm³/mol. The van der Waals surface area contributed by atoms with Crippen LogP contribution in [0.4, 0.5) is 0 Å². The van der Waals surface area contributed by atoms with Gasteiger partial charge in [0.05, 0.1) is 11.6 Å². The first-order valence-corrected chi connectivity index (χ1v) is 4.79. The van der Waals surface area contributed by atoms with Crippen molar-refractivity contribution in [2.24, 2.45) is 0 Å². The summed E-state index contributed by atoms with van der Waals surface area (Å²) in [5.74, 6) is 0. The summed E-state index contributed by atoms with van der Waals surface area (Å²) in [7, 11) is 0. The zero-order chi connectivity index (χ0) is 10.1. The third kappa shape index (κ3) is 1.59. The third-order valence-electron chi connectivity index (χ3n) is 2.15. The van der Waals surface area contributed by atoms with Crippen LogP contribution in [0.1, 0.15) is 18.6 Å². The molecule has 2 rings (SSSR count). The molecule has 0 bridgehead atoms. The molecule has 0 saturated carbocycles. The SMILES string of the molecule is C[C@H](O)c1cc2ccccc2nc1Cl. The van der Waals surface area contributed by atoms with Gasteiger partial charge in [0.25, 0.3) is 0 Å². The number of aromatic nitrogens is 1. The molecule has 14 heavy (non-hydrogen) atoms. The zero-order valence-electron chi connectivity index (χ0n) is 7.74. The molecule has 1 atom stereocenters. The third-order valence-corrected chi connectivity index (χ3v) is 2.46. The summed E-state index contributed by atoms with van der Waals surface area (Å²) >= 11 is 5.93. The highest BCUT2D eigenvalue weighted by Crippen LogP contribution is 2.25. The highest BCUT2D eigenvalue weighted by molar-refractivity contribution is 6.30. The standard InChI is InChI=1S/C11H10ClNO/c1-7(14)9-6-8-4-2-3-5-10(8)13-11(9)12/h2-7,14H,1H3/t7-/m0/s1. The van der Waals surface area contributed by atoms with Crippen LogP contribution in [0, 0.1) is 0 Å². The number of nitrogens with zero attached hydrogens (tertiary/aromatic N) is 1. The number of halogens is 1. The fourth-order valence-corrected chi connectivity index (χ4v) is 1.71. The molecular weight excluding hydrogens is 198 g/mol. The average molecular weight is 208 g/mol. The van der Waals surface area contributed by atoms with Crippen molar-refractivity contribution in [3.8, 4) is 0 Å². The summed E-state index contributed by atoms with van der Waals surface area (Å²) in [6.45, 7) is 1.68. The van der Waals surface area contributed by atoms with Crippen LogP contribution in [-0.4, -0.2) is 10.1 Å². The molecule has 1 heterocycles. The molecule has 0 aliphatic rings. The van der Waals surface area contributed by atoms with Crippen molar-refractivity contribution >= 4 is 22.5 Å². The van der Waals surface area contributed by atoms with Gasteiger partial charge in [0, 0.05) is 10.9 Å². The quantitative estimate of drug-likeness (QED) is 0.730. The highest BCUT2D eigenvalue weighted by atomic mass is 35.5. The fourth-order valence-electron chi connectivity index (χ4n) is 1.40. The normalized spacial score (nSPS) is 13.1. The summed E-state index contributed by atoms with van der Waals surface area (Å²) in [5, 5.41) is 10.8. The molecule has 2 aromatic rings. The molecule has 0 saturated heterocycles. The van der Waals surface area contributed by atoms with Gasteiger partial charge < -0.3 is 5.11 Å². The van der Waals surface area contributed by atoms with Gasteiger partial charge in [0.2, 0.25) is 0 Å². The van der Waals surface area contributed by atoms with E-state index in [0.717, 1.165) is 10.9 Å². The van der Waals surface area contributed by atoms with Crippen LogP contribution in [0.5, 0.6) is 0 Å². The van der Waals surface area contributed by atoms with Crippen LogP contribution in [-0.2, 0) is 0 Å². The van der Waals surface area contributed by atoms with Crippen LogP contribution in [0.25, 0.3) is 10.9 Å². The molecule has 0 amide bonds. The van der Waals surface area contributed by atoms with Gasteiger partial charge in [-0.2, -0.15) is 0 Å². The monoisotopic (exact) mass is 207 g/mol. The minimum atomic E-state index is -0.584. The van der Waals surface area contributed by atoms with E-state index in [0.29, 0.717) is 10.7 Å². The van der Waals surface area contributed by atoms with Crippen molar-refractivity contribution < 1.29 is 5.11 Å². The predicted octanol–water partition coefficient (Wildman–Crippen LogP) is 2.94. The van der Waals surface area contributed by atoms with E-state index in [2.05, 4.69) is 4.98 Å². The first-order valence-electron chi connectivity index (χ1n) is 4.42. The smallest absolute Gasteiger partial charge is 0.135 e. The number of hydrogen-bond donors (Lipinski definition) is 1. The Bertz CT molecular complexity index is 468. The van der Waals surface area contributed by atoms with Crippen LogP contribution >= 0.6 is 11.6 Å². The topological polar surface area (TPSA) is 33.1 Å². The van der Waals surface area contributed by atoms with Gasteiger partial charge in [0.15, 0.2) is 0 Å². The van der Waals surface area contributed by atoms with Crippen LogP contribution in [0.3, 0.4) is 0 Å². The Hall–Kier alpha value is -1.12. The van der Waals surface area contributed by atoms with Gasteiger partial charge in [-0.1, -0.05) is 29.8 Å². The Balaban J connectivity index is 2.71. The minimum absolute atomic E-state index is 0.374. The Morgan fingerprint density at radius 3 is 2.79 bits per heavy atom. The van der Waals surface area contributed by atoms with Crippen molar-refractivity contribution in [3.63, 3.8) is 0 Å². The maximum atomic E-state index is 9.44. The zero-order valence-corrected chi connectivity index (χ0v) is 8.49. The molecule has 0 aliphatic carbocycles. The van der Waals surface area contributed by atoms with Gasteiger partial charge in [0.1, 0.15) is 5.15 Å². The summed E-state index contributed by atoms with van der Waals surface area (Å²) in [6, 6.07) is 9.56. The van der Waals surface area contributed by atoms with E-state index in [-0.39, 0.29) is 0 Å². The molecule has 1 aromatic carbocycles. The van der Waals surface area contributed by atoms with Crippen molar-refractivity contribution in [1.82, 2.24) is 4.98 Å². The number of benzene rings is 1. The van der Waals surface area contributed by atoms with E-state index in [1.54, 1.807) is 6.92 Å². The molecule has 0 fully saturated rings. The summed E-state index contributed by atoms with van der Waals surface area (Å²) < 4.78 is 0. The van der Waals surface area contributed by atoms with Gasteiger partial charge in [-0.05, 0) is 19.1 Å². The lowest BCUT2D eigenvalue weighted by Gasteiger charge is -2.07. The summed E-state index contributed by atoms with van der Waals surface area (Å²) in [6.07, 6.45) is -0.584. The van der Waals surface area contributed by atoms with E-state index in [1.807, 2.05) is 30.3 Å².